The Morgan fingerprint density at radius 2 is 1.35 bits per heavy atom. The molecule has 0 aliphatic rings. The molecule has 3 heteroatoms. The van der Waals surface area contributed by atoms with Crippen LogP contribution < -0.4 is 0 Å². The van der Waals surface area contributed by atoms with E-state index in [2.05, 4.69) is 13.8 Å². The van der Waals surface area contributed by atoms with Crippen molar-refractivity contribution in [3.63, 3.8) is 0 Å². The normalized spacial score (nSPS) is 11.9. The van der Waals surface area contributed by atoms with Crippen LogP contribution in [0.2, 0.25) is 0 Å². The maximum Gasteiger partial charge on any atom is 0.338 e. The van der Waals surface area contributed by atoms with Crippen molar-refractivity contribution < 1.29 is 14.3 Å². The highest BCUT2D eigenvalue weighted by atomic mass is 16.5. The summed E-state index contributed by atoms with van der Waals surface area (Å²) in [7, 11) is 0. The number of rotatable bonds is 16. The number of carbonyl (C=O) groups excluding carboxylic acids is 1. The minimum absolute atomic E-state index is 0.0351. The molecule has 0 saturated carbocycles. The SMILES string of the molecule is CCCCCCCCCCCCOC(C)c1ccc(C(=O)OCc2ccccc2)cc1. The molecule has 0 spiro atoms. The summed E-state index contributed by atoms with van der Waals surface area (Å²) in [4.78, 5) is 12.2. The zero-order valence-electron chi connectivity index (χ0n) is 19.5. The van der Waals surface area contributed by atoms with Crippen molar-refractivity contribution in [2.24, 2.45) is 0 Å². The summed E-state index contributed by atoms with van der Waals surface area (Å²) in [5.74, 6) is -0.297. The van der Waals surface area contributed by atoms with Crippen molar-refractivity contribution >= 4 is 5.97 Å². The summed E-state index contributed by atoms with van der Waals surface area (Å²) in [5, 5.41) is 0. The molecule has 170 valence electrons. The topological polar surface area (TPSA) is 35.5 Å². The maximum atomic E-state index is 12.2. The summed E-state index contributed by atoms with van der Waals surface area (Å²) in [5.41, 5.74) is 2.65. The fraction of sp³-hybridized carbons (Fsp3) is 0.536. The van der Waals surface area contributed by atoms with E-state index in [0.29, 0.717) is 12.2 Å². The van der Waals surface area contributed by atoms with Crippen molar-refractivity contribution in [1.29, 1.82) is 0 Å². The number of hydrogen-bond acceptors (Lipinski definition) is 3. The van der Waals surface area contributed by atoms with E-state index in [1.165, 1.54) is 57.8 Å². The van der Waals surface area contributed by atoms with Crippen LogP contribution in [0, 0.1) is 0 Å². The Morgan fingerprint density at radius 1 is 0.774 bits per heavy atom. The molecule has 1 atom stereocenters. The van der Waals surface area contributed by atoms with E-state index in [1.54, 1.807) is 0 Å². The predicted octanol–water partition coefficient (Wildman–Crippen LogP) is 8.04. The third-order valence-electron chi connectivity index (χ3n) is 5.69. The van der Waals surface area contributed by atoms with Crippen LogP contribution in [0.1, 0.15) is 106 Å². The Labute approximate surface area is 189 Å². The number of ether oxygens (including phenoxy) is 2. The molecule has 0 radical (unpaired) electrons. The second kappa shape index (κ2) is 15.6. The first-order valence-corrected chi connectivity index (χ1v) is 12.1. The van der Waals surface area contributed by atoms with Gasteiger partial charge in [0, 0.05) is 6.61 Å². The summed E-state index contributed by atoms with van der Waals surface area (Å²) in [6, 6.07) is 17.3. The second-order valence-corrected chi connectivity index (χ2v) is 8.38. The van der Waals surface area contributed by atoms with E-state index in [1.807, 2.05) is 54.6 Å². The number of carbonyl (C=O) groups is 1. The predicted molar refractivity (Wildman–Crippen MR) is 128 cm³/mol. The highest BCUT2D eigenvalue weighted by molar-refractivity contribution is 5.89. The van der Waals surface area contributed by atoms with E-state index in [4.69, 9.17) is 9.47 Å². The maximum absolute atomic E-state index is 12.2. The van der Waals surface area contributed by atoms with Crippen LogP contribution in [0.15, 0.2) is 54.6 Å². The monoisotopic (exact) mass is 424 g/mol. The van der Waals surface area contributed by atoms with Gasteiger partial charge in [-0.05, 0) is 36.6 Å². The summed E-state index contributed by atoms with van der Waals surface area (Å²) >= 11 is 0. The fourth-order valence-corrected chi connectivity index (χ4v) is 3.64. The lowest BCUT2D eigenvalue weighted by molar-refractivity contribution is 0.0471. The molecule has 0 amide bonds. The minimum Gasteiger partial charge on any atom is -0.457 e. The van der Waals surface area contributed by atoms with Crippen molar-refractivity contribution in [3.8, 4) is 0 Å². The lowest BCUT2D eigenvalue weighted by Crippen LogP contribution is -2.06. The molecule has 0 N–H and O–H groups in total. The highest BCUT2D eigenvalue weighted by Gasteiger charge is 2.10. The van der Waals surface area contributed by atoms with Gasteiger partial charge in [0.25, 0.3) is 0 Å². The van der Waals surface area contributed by atoms with E-state index in [9.17, 15) is 4.79 Å². The Balaban J connectivity index is 1.57. The lowest BCUT2D eigenvalue weighted by atomic mass is 10.1. The third-order valence-corrected chi connectivity index (χ3v) is 5.69. The fourth-order valence-electron chi connectivity index (χ4n) is 3.64. The van der Waals surface area contributed by atoms with Crippen molar-refractivity contribution in [3.05, 3.63) is 71.3 Å². The van der Waals surface area contributed by atoms with E-state index in [0.717, 1.165) is 24.2 Å². The molecule has 0 bridgehead atoms. The van der Waals surface area contributed by atoms with Gasteiger partial charge in [-0.15, -0.1) is 0 Å². The third kappa shape index (κ3) is 10.6. The highest BCUT2D eigenvalue weighted by Crippen LogP contribution is 2.19. The number of unbranched alkanes of at least 4 members (excludes halogenated alkanes) is 9. The summed E-state index contributed by atoms with van der Waals surface area (Å²) in [6.07, 6.45) is 13.3. The van der Waals surface area contributed by atoms with Gasteiger partial charge in [-0.25, -0.2) is 4.79 Å². The molecule has 2 aromatic rings. The van der Waals surface area contributed by atoms with E-state index in [-0.39, 0.29) is 12.1 Å². The first-order chi connectivity index (χ1) is 15.2. The zero-order valence-corrected chi connectivity index (χ0v) is 19.5. The molecule has 31 heavy (non-hydrogen) atoms. The van der Waals surface area contributed by atoms with Gasteiger partial charge in [0.1, 0.15) is 6.61 Å². The molecule has 0 aliphatic carbocycles. The average molecular weight is 425 g/mol. The molecule has 0 fully saturated rings. The van der Waals surface area contributed by atoms with Crippen LogP contribution in [-0.4, -0.2) is 12.6 Å². The zero-order chi connectivity index (χ0) is 22.2. The van der Waals surface area contributed by atoms with Gasteiger partial charge in [0.05, 0.1) is 11.7 Å². The molecule has 1 unspecified atom stereocenters. The molecular formula is C28H40O3. The van der Waals surface area contributed by atoms with Gasteiger partial charge in [0.2, 0.25) is 0 Å². The Hall–Kier alpha value is -2.13. The van der Waals surface area contributed by atoms with Crippen molar-refractivity contribution in [2.75, 3.05) is 6.61 Å². The van der Waals surface area contributed by atoms with E-state index < -0.39 is 0 Å². The van der Waals surface area contributed by atoms with Crippen LogP contribution in [0.4, 0.5) is 0 Å². The van der Waals surface area contributed by atoms with Gasteiger partial charge in [-0.3, -0.25) is 0 Å². The average Bonchev–Trinajstić information content (AvgIpc) is 2.81. The van der Waals surface area contributed by atoms with Crippen LogP contribution in [0.3, 0.4) is 0 Å². The first kappa shape index (κ1) is 25.1. The molecule has 3 nitrogen and oxygen atoms in total. The quantitative estimate of drug-likeness (QED) is 0.202. The second-order valence-electron chi connectivity index (χ2n) is 8.38. The number of benzene rings is 2. The molecule has 2 aromatic carbocycles. The van der Waals surface area contributed by atoms with Crippen LogP contribution in [-0.2, 0) is 16.1 Å². The van der Waals surface area contributed by atoms with Crippen LogP contribution >= 0.6 is 0 Å². The lowest BCUT2D eigenvalue weighted by Gasteiger charge is -2.14. The van der Waals surface area contributed by atoms with Gasteiger partial charge in [0.15, 0.2) is 0 Å². The minimum atomic E-state index is -0.297. The Kier molecular flexibility index (Phi) is 12.7. The standard InChI is InChI=1S/C28H40O3/c1-3-4-5-6-7-8-9-10-11-15-22-30-24(2)26-18-20-27(21-19-26)28(29)31-23-25-16-13-12-14-17-25/h12-14,16-21,24H,3-11,15,22-23H2,1-2H3. The van der Waals surface area contributed by atoms with E-state index >= 15 is 0 Å². The molecule has 0 heterocycles. The molecule has 2 rings (SSSR count). The van der Waals surface area contributed by atoms with Crippen LogP contribution in [0.25, 0.3) is 0 Å². The van der Waals surface area contributed by atoms with Gasteiger partial charge in [-0.1, -0.05) is 107 Å². The Bertz CT molecular complexity index is 709. The summed E-state index contributed by atoms with van der Waals surface area (Å²) < 4.78 is 11.4. The Morgan fingerprint density at radius 3 is 1.97 bits per heavy atom. The number of hydrogen-bond donors (Lipinski definition) is 0. The number of esters is 1. The molecule has 0 aromatic heterocycles. The van der Waals surface area contributed by atoms with Crippen LogP contribution in [0.5, 0.6) is 0 Å². The molecular weight excluding hydrogens is 384 g/mol. The molecule has 0 saturated heterocycles. The largest absolute Gasteiger partial charge is 0.457 e. The van der Waals surface area contributed by atoms with Crippen molar-refractivity contribution in [1.82, 2.24) is 0 Å². The first-order valence-electron chi connectivity index (χ1n) is 12.1. The smallest absolute Gasteiger partial charge is 0.338 e. The van der Waals surface area contributed by atoms with Gasteiger partial charge in [-0.2, -0.15) is 0 Å². The summed E-state index contributed by atoms with van der Waals surface area (Å²) in [6.45, 7) is 5.42. The molecule has 0 aliphatic heterocycles. The van der Waals surface area contributed by atoms with Gasteiger partial charge < -0.3 is 9.47 Å². The van der Waals surface area contributed by atoms with Gasteiger partial charge >= 0.3 is 5.97 Å². The van der Waals surface area contributed by atoms with Crippen molar-refractivity contribution in [2.45, 2.75) is 90.8 Å².